The maximum Gasteiger partial charge on any atom is 0.407 e. The fourth-order valence-corrected chi connectivity index (χ4v) is 4.09. The number of ether oxygens (including phenoxy) is 2. The molecule has 0 radical (unpaired) electrons. The number of amides is 1. The Kier molecular flexibility index (Phi) is 5.23. The maximum absolute atomic E-state index is 12.0. The van der Waals surface area contributed by atoms with Gasteiger partial charge in [0.05, 0.1) is 12.7 Å². The second-order valence-electron chi connectivity index (χ2n) is 5.88. The minimum absolute atomic E-state index is 0.0896. The highest BCUT2D eigenvalue weighted by Gasteiger charge is 2.29. The number of nitrogens with two attached hydrogens (primary N) is 1. The fourth-order valence-electron chi connectivity index (χ4n) is 2.99. The van der Waals surface area contributed by atoms with E-state index in [4.69, 9.17) is 15.2 Å². The Morgan fingerprint density at radius 1 is 1.32 bits per heavy atom. The summed E-state index contributed by atoms with van der Waals surface area (Å²) in [5.41, 5.74) is 8.21. The lowest BCUT2D eigenvalue weighted by atomic mass is 9.91. The van der Waals surface area contributed by atoms with Crippen molar-refractivity contribution in [1.82, 2.24) is 5.32 Å². The lowest BCUT2D eigenvalue weighted by Gasteiger charge is -2.23. The van der Waals surface area contributed by atoms with Crippen LogP contribution in [0.3, 0.4) is 0 Å². The standard InChI is InChI=1S/C18H20N2O4S/c1-23-17(21)15-13-9-12(7-8-14(13)25-16(15)19)20-18(22)24-10-11-5-3-2-4-6-11/h2-6,12H,7-10,19H2,1H3,(H,20,22). The number of hydrogen-bond acceptors (Lipinski definition) is 6. The summed E-state index contributed by atoms with van der Waals surface area (Å²) < 4.78 is 10.1. The van der Waals surface area contributed by atoms with E-state index in [0.29, 0.717) is 17.0 Å². The van der Waals surface area contributed by atoms with E-state index in [-0.39, 0.29) is 12.6 Å². The Balaban J connectivity index is 1.61. The minimum atomic E-state index is -0.458. The molecule has 1 aromatic carbocycles. The Hall–Kier alpha value is -2.54. The summed E-state index contributed by atoms with van der Waals surface area (Å²) in [6.45, 7) is 0.226. The van der Waals surface area contributed by atoms with Crippen molar-refractivity contribution in [3.8, 4) is 0 Å². The molecule has 1 aliphatic carbocycles. The molecule has 7 heteroatoms. The number of anilines is 1. The number of benzene rings is 1. The van der Waals surface area contributed by atoms with Crippen molar-refractivity contribution in [3.05, 3.63) is 51.9 Å². The van der Waals surface area contributed by atoms with E-state index in [1.165, 1.54) is 18.4 Å². The van der Waals surface area contributed by atoms with E-state index in [1.807, 2.05) is 30.3 Å². The van der Waals surface area contributed by atoms with E-state index in [1.54, 1.807) is 0 Å². The van der Waals surface area contributed by atoms with Gasteiger partial charge in [0.25, 0.3) is 0 Å². The number of aryl methyl sites for hydroxylation is 1. The number of nitrogen functional groups attached to an aromatic ring is 1. The predicted molar refractivity (Wildman–Crippen MR) is 95.6 cm³/mol. The van der Waals surface area contributed by atoms with Crippen molar-refractivity contribution in [2.75, 3.05) is 12.8 Å². The molecule has 1 aromatic heterocycles. The molecule has 0 spiro atoms. The Morgan fingerprint density at radius 3 is 2.80 bits per heavy atom. The van der Waals surface area contributed by atoms with Crippen LogP contribution in [0.15, 0.2) is 30.3 Å². The van der Waals surface area contributed by atoms with Crippen molar-refractivity contribution < 1.29 is 19.1 Å². The molecule has 2 aromatic rings. The van der Waals surface area contributed by atoms with Crippen LogP contribution in [0.4, 0.5) is 9.80 Å². The first-order valence-corrected chi connectivity index (χ1v) is 8.85. The first-order chi connectivity index (χ1) is 12.1. The molecule has 1 atom stereocenters. The third-order valence-corrected chi connectivity index (χ3v) is 5.33. The smallest absolute Gasteiger partial charge is 0.407 e. The van der Waals surface area contributed by atoms with Crippen molar-refractivity contribution in [2.24, 2.45) is 0 Å². The van der Waals surface area contributed by atoms with E-state index in [2.05, 4.69) is 5.32 Å². The van der Waals surface area contributed by atoms with Gasteiger partial charge in [0.2, 0.25) is 0 Å². The van der Waals surface area contributed by atoms with Gasteiger partial charge in [-0.05, 0) is 30.4 Å². The van der Waals surface area contributed by atoms with Crippen LogP contribution < -0.4 is 11.1 Å². The number of hydrogen-bond donors (Lipinski definition) is 2. The normalized spacial score (nSPS) is 16.0. The third kappa shape index (κ3) is 3.93. The summed E-state index contributed by atoms with van der Waals surface area (Å²) >= 11 is 1.42. The van der Waals surface area contributed by atoms with Gasteiger partial charge in [-0.25, -0.2) is 9.59 Å². The largest absolute Gasteiger partial charge is 0.465 e. The molecule has 1 heterocycles. The predicted octanol–water partition coefficient (Wildman–Crippen LogP) is 2.90. The van der Waals surface area contributed by atoms with Gasteiger partial charge in [0.1, 0.15) is 11.6 Å². The Morgan fingerprint density at radius 2 is 2.08 bits per heavy atom. The topological polar surface area (TPSA) is 90.6 Å². The Bertz CT molecular complexity index is 773. The number of carbonyl (C=O) groups is 2. The molecule has 1 aliphatic rings. The van der Waals surface area contributed by atoms with Gasteiger partial charge in [-0.1, -0.05) is 30.3 Å². The van der Waals surface area contributed by atoms with Gasteiger partial charge >= 0.3 is 12.1 Å². The molecule has 0 fully saturated rings. The van der Waals surface area contributed by atoms with E-state index >= 15 is 0 Å². The van der Waals surface area contributed by atoms with E-state index < -0.39 is 12.1 Å². The molecular weight excluding hydrogens is 340 g/mol. The van der Waals surface area contributed by atoms with Crippen LogP contribution in [0.5, 0.6) is 0 Å². The molecule has 0 bridgehead atoms. The first kappa shape index (κ1) is 17.3. The third-order valence-electron chi connectivity index (χ3n) is 4.21. The summed E-state index contributed by atoms with van der Waals surface area (Å²) in [5, 5.41) is 3.35. The zero-order chi connectivity index (χ0) is 17.8. The molecule has 1 amide bonds. The number of fused-ring (bicyclic) bond motifs is 1. The quantitative estimate of drug-likeness (QED) is 0.818. The number of nitrogens with one attached hydrogen (secondary N) is 1. The zero-order valence-electron chi connectivity index (χ0n) is 13.9. The van der Waals surface area contributed by atoms with Crippen LogP contribution in [0.2, 0.25) is 0 Å². The summed E-state index contributed by atoms with van der Waals surface area (Å²) in [6.07, 6.45) is 1.65. The number of methoxy groups -OCH3 is 1. The van der Waals surface area contributed by atoms with Crippen LogP contribution in [0.25, 0.3) is 0 Å². The van der Waals surface area contributed by atoms with Gasteiger partial charge in [-0.15, -0.1) is 11.3 Å². The monoisotopic (exact) mass is 360 g/mol. The van der Waals surface area contributed by atoms with Crippen molar-refractivity contribution in [3.63, 3.8) is 0 Å². The van der Waals surface area contributed by atoms with Gasteiger partial charge in [-0.3, -0.25) is 0 Å². The molecule has 0 aliphatic heterocycles. The Labute approximate surface area is 149 Å². The molecule has 3 N–H and O–H groups in total. The first-order valence-electron chi connectivity index (χ1n) is 8.04. The summed E-state index contributed by atoms with van der Waals surface area (Å²) in [7, 11) is 1.34. The average molecular weight is 360 g/mol. The highest BCUT2D eigenvalue weighted by molar-refractivity contribution is 7.16. The molecule has 132 valence electrons. The summed E-state index contributed by atoms with van der Waals surface area (Å²) in [5.74, 6) is -0.428. The van der Waals surface area contributed by atoms with Gasteiger partial charge in [0.15, 0.2) is 0 Å². The number of alkyl carbamates (subject to hydrolysis) is 1. The summed E-state index contributed by atoms with van der Waals surface area (Å²) in [4.78, 5) is 25.1. The molecule has 25 heavy (non-hydrogen) atoms. The second-order valence-corrected chi connectivity index (χ2v) is 7.02. The molecule has 1 unspecified atom stereocenters. The number of esters is 1. The maximum atomic E-state index is 12.0. The molecule has 0 saturated carbocycles. The SMILES string of the molecule is COC(=O)c1c(N)sc2c1CC(NC(=O)OCc1ccccc1)CC2. The van der Waals surface area contributed by atoms with E-state index in [0.717, 1.165) is 28.8 Å². The molecule has 3 rings (SSSR count). The van der Waals surface area contributed by atoms with Crippen LogP contribution in [-0.4, -0.2) is 25.2 Å². The second kappa shape index (κ2) is 7.57. The van der Waals surface area contributed by atoms with Gasteiger partial charge in [-0.2, -0.15) is 0 Å². The van der Waals surface area contributed by atoms with Crippen LogP contribution in [0.1, 0.15) is 32.8 Å². The van der Waals surface area contributed by atoms with Crippen molar-refractivity contribution in [1.29, 1.82) is 0 Å². The van der Waals surface area contributed by atoms with E-state index in [9.17, 15) is 9.59 Å². The highest BCUT2D eigenvalue weighted by Crippen LogP contribution is 2.36. The number of rotatable bonds is 4. The summed E-state index contributed by atoms with van der Waals surface area (Å²) in [6, 6.07) is 9.42. The average Bonchev–Trinajstić information content (AvgIpc) is 2.95. The lowest BCUT2D eigenvalue weighted by molar-refractivity contribution is 0.0601. The van der Waals surface area contributed by atoms with Crippen molar-refractivity contribution in [2.45, 2.75) is 31.9 Å². The molecular formula is C18H20N2O4S. The number of carbonyl (C=O) groups excluding carboxylic acids is 2. The molecule has 0 saturated heterocycles. The lowest BCUT2D eigenvalue weighted by Crippen LogP contribution is -2.39. The van der Waals surface area contributed by atoms with Crippen LogP contribution in [0, 0.1) is 0 Å². The van der Waals surface area contributed by atoms with Crippen LogP contribution in [-0.2, 0) is 28.9 Å². The van der Waals surface area contributed by atoms with Gasteiger partial charge < -0.3 is 20.5 Å². The number of thiophene rings is 1. The van der Waals surface area contributed by atoms with Crippen LogP contribution >= 0.6 is 11.3 Å². The minimum Gasteiger partial charge on any atom is -0.465 e. The zero-order valence-corrected chi connectivity index (χ0v) is 14.7. The molecule has 6 nitrogen and oxygen atoms in total. The fraction of sp³-hybridized carbons (Fsp3) is 0.333. The highest BCUT2D eigenvalue weighted by atomic mass is 32.1. The van der Waals surface area contributed by atoms with Gasteiger partial charge in [0, 0.05) is 10.9 Å². The van der Waals surface area contributed by atoms with Crippen molar-refractivity contribution >= 4 is 28.4 Å².